The monoisotopic (exact) mass is 404 g/mol. The maximum absolute atomic E-state index is 13.1. The normalized spacial score (nSPS) is 14.6. The minimum atomic E-state index is -0.0693. The van der Waals surface area contributed by atoms with Crippen molar-refractivity contribution in [2.45, 2.75) is 6.54 Å². The molecule has 0 radical (unpaired) electrons. The maximum atomic E-state index is 13.1. The van der Waals surface area contributed by atoms with E-state index in [-0.39, 0.29) is 5.91 Å². The molecule has 0 unspecified atom stereocenters. The second-order valence-corrected chi connectivity index (χ2v) is 7.04. The smallest absolute Gasteiger partial charge is 0.257 e. The first-order chi connectivity index (χ1) is 13.5. The third-order valence-corrected chi connectivity index (χ3v) is 5.13. The van der Waals surface area contributed by atoms with Gasteiger partial charge in [-0.15, -0.1) is 0 Å². The summed E-state index contributed by atoms with van der Waals surface area (Å²) in [5.41, 5.74) is 1.65. The van der Waals surface area contributed by atoms with Crippen molar-refractivity contribution in [3.8, 4) is 17.2 Å². The van der Waals surface area contributed by atoms with E-state index in [2.05, 4.69) is 11.0 Å². The van der Waals surface area contributed by atoms with E-state index in [0.29, 0.717) is 35.9 Å². The molecule has 0 spiro atoms. The number of nitrogens with zero attached hydrogens (tertiary/aromatic N) is 2. The van der Waals surface area contributed by atoms with Crippen molar-refractivity contribution in [3.63, 3.8) is 0 Å². The highest BCUT2D eigenvalue weighted by Gasteiger charge is 2.26. The van der Waals surface area contributed by atoms with Gasteiger partial charge >= 0.3 is 0 Å². The first kappa shape index (κ1) is 20.3. The van der Waals surface area contributed by atoms with Crippen LogP contribution in [-0.2, 0) is 6.54 Å². The second-order valence-electron chi connectivity index (χ2n) is 6.61. The van der Waals surface area contributed by atoms with Crippen molar-refractivity contribution in [3.05, 3.63) is 52.5 Å². The molecule has 0 aromatic heterocycles. The van der Waals surface area contributed by atoms with E-state index in [1.807, 2.05) is 23.1 Å². The molecule has 2 aromatic carbocycles. The molecule has 1 amide bonds. The summed E-state index contributed by atoms with van der Waals surface area (Å²) in [6.07, 6.45) is 0. The van der Waals surface area contributed by atoms with Crippen molar-refractivity contribution < 1.29 is 19.0 Å². The Morgan fingerprint density at radius 1 is 0.929 bits per heavy atom. The lowest BCUT2D eigenvalue weighted by atomic mass is 10.1. The highest BCUT2D eigenvalue weighted by atomic mass is 35.5. The van der Waals surface area contributed by atoms with E-state index in [1.54, 1.807) is 33.5 Å². The topological polar surface area (TPSA) is 51.2 Å². The van der Waals surface area contributed by atoms with Gasteiger partial charge in [-0.05, 0) is 17.7 Å². The van der Waals surface area contributed by atoms with Gasteiger partial charge in [-0.2, -0.15) is 0 Å². The fraction of sp³-hybridized carbons (Fsp3) is 0.381. The van der Waals surface area contributed by atoms with Gasteiger partial charge in [-0.1, -0.05) is 23.7 Å². The lowest BCUT2D eigenvalue weighted by molar-refractivity contribution is 0.0625. The van der Waals surface area contributed by atoms with E-state index < -0.39 is 0 Å². The molecule has 3 rings (SSSR count). The number of amides is 1. The third-order valence-electron chi connectivity index (χ3n) is 4.89. The summed E-state index contributed by atoms with van der Waals surface area (Å²) in [4.78, 5) is 17.2. The van der Waals surface area contributed by atoms with Crippen LogP contribution in [0.5, 0.6) is 17.2 Å². The predicted molar refractivity (Wildman–Crippen MR) is 109 cm³/mol. The van der Waals surface area contributed by atoms with Gasteiger partial charge in [0.15, 0.2) is 11.5 Å². The molecule has 6 nitrogen and oxygen atoms in total. The van der Waals surface area contributed by atoms with Crippen LogP contribution < -0.4 is 14.2 Å². The molecule has 1 fully saturated rings. The third kappa shape index (κ3) is 4.51. The van der Waals surface area contributed by atoms with Crippen molar-refractivity contribution in [1.82, 2.24) is 9.80 Å². The van der Waals surface area contributed by atoms with Crippen LogP contribution in [0.2, 0.25) is 5.02 Å². The number of hydrogen-bond donors (Lipinski definition) is 0. The molecule has 1 saturated heterocycles. The second kappa shape index (κ2) is 9.17. The molecule has 28 heavy (non-hydrogen) atoms. The van der Waals surface area contributed by atoms with Gasteiger partial charge in [0.25, 0.3) is 5.91 Å². The van der Waals surface area contributed by atoms with E-state index in [9.17, 15) is 4.79 Å². The van der Waals surface area contributed by atoms with Crippen molar-refractivity contribution in [2.75, 3.05) is 47.5 Å². The summed E-state index contributed by atoms with van der Waals surface area (Å²) in [6.45, 7) is 3.72. The van der Waals surface area contributed by atoms with E-state index in [4.69, 9.17) is 25.8 Å². The Balaban J connectivity index is 1.68. The molecule has 0 saturated carbocycles. The van der Waals surface area contributed by atoms with Gasteiger partial charge in [0, 0.05) is 49.9 Å². The van der Waals surface area contributed by atoms with Gasteiger partial charge in [-0.25, -0.2) is 0 Å². The lowest BCUT2D eigenvalue weighted by Crippen LogP contribution is -2.48. The lowest BCUT2D eigenvalue weighted by Gasteiger charge is -2.35. The van der Waals surface area contributed by atoms with Crippen LogP contribution in [-0.4, -0.2) is 63.2 Å². The fourth-order valence-electron chi connectivity index (χ4n) is 3.37. The average molecular weight is 405 g/mol. The molecule has 0 N–H and O–H groups in total. The van der Waals surface area contributed by atoms with Gasteiger partial charge in [0.1, 0.15) is 5.75 Å². The Hall–Kier alpha value is -2.44. The van der Waals surface area contributed by atoms with Crippen LogP contribution in [0, 0.1) is 0 Å². The van der Waals surface area contributed by atoms with Crippen LogP contribution >= 0.6 is 11.6 Å². The largest absolute Gasteiger partial charge is 0.496 e. The van der Waals surface area contributed by atoms with Gasteiger partial charge < -0.3 is 19.1 Å². The highest BCUT2D eigenvalue weighted by Crippen LogP contribution is 2.35. The van der Waals surface area contributed by atoms with Crippen LogP contribution in [0.1, 0.15) is 15.9 Å². The Labute approximate surface area is 170 Å². The minimum Gasteiger partial charge on any atom is -0.496 e. The molecule has 0 atom stereocenters. The van der Waals surface area contributed by atoms with E-state index >= 15 is 0 Å². The predicted octanol–water partition coefficient (Wildman–Crippen LogP) is 3.32. The zero-order valence-electron chi connectivity index (χ0n) is 16.4. The summed E-state index contributed by atoms with van der Waals surface area (Å²) in [6, 6.07) is 11.2. The minimum absolute atomic E-state index is 0.0693. The van der Waals surface area contributed by atoms with Crippen LogP contribution in [0.25, 0.3) is 0 Å². The number of rotatable bonds is 6. The number of carbonyl (C=O) groups excluding carboxylic acids is 1. The molecular weight excluding hydrogens is 380 g/mol. The summed E-state index contributed by atoms with van der Waals surface area (Å²) >= 11 is 6.07. The number of benzene rings is 2. The Morgan fingerprint density at radius 3 is 2.18 bits per heavy atom. The summed E-state index contributed by atoms with van der Waals surface area (Å²) in [5, 5.41) is 0.742. The summed E-state index contributed by atoms with van der Waals surface area (Å²) < 4.78 is 16.0. The number of piperazine rings is 1. The Bertz CT molecular complexity index is 835. The molecule has 0 aliphatic carbocycles. The first-order valence-electron chi connectivity index (χ1n) is 9.11. The van der Waals surface area contributed by atoms with Crippen LogP contribution in [0.3, 0.4) is 0 Å². The van der Waals surface area contributed by atoms with Crippen LogP contribution in [0.15, 0.2) is 36.4 Å². The van der Waals surface area contributed by atoms with Crippen LogP contribution in [0.4, 0.5) is 0 Å². The number of hydrogen-bond acceptors (Lipinski definition) is 5. The number of carbonyl (C=O) groups is 1. The summed E-state index contributed by atoms with van der Waals surface area (Å²) in [5.74, 6) is 1.44. The van der Waals surface area contributed by atoms with Gasteiger partial charge in [-0.3, -0.25) is 9.69 Å². The quantitative estimate of drug-likeness (QED) is 0.739. The average Bonchev–Trinajstić information content (AvgIpc) is 2.72. The number of methoxy groups -OCH3 is 3. The molecule has 7 heteroatoms. The Kier molecular flexibility index (Phi) is 6.65. The highest BCUT2D eigenvalue weighted by molar-refractivity contribution is 6.30. The fourth-order valence-corrected chi connectivity index (χ4v) is 3.58. The van der Waals surface area contributed by atoms with Gasteiger partial charge in [0.2, 0.25) is 0 Å². The first-order valence-corrected chi connectivity index (χ1v) is 9.49. The zero-order chi connectivity index (χ0) is 20.1. The van der Waals surface area contributed by atoms with Gasteiger partial charge in [0.05, 0.1) is 26.9 Å². The molecule has 150 valence electrons. The van der Waals surface area contributed by atoms with Crippen molar-refractivity contribution in [1.29, 1.82) is 0 Å². The SMILES string of the molecule is COc1cc(OC)c(C(=O)N2CCN(Cc3cccc(Cl)c3)CC2)cc1OC. The van der Waals surface area contributed by atoms with E-state index in [1.165, 1.54) is 5.56 Å². The standard InChI is InChI=1S/C21H25ClN2O4/c1-26-18-13-20(28-3)19(27-2)12-17(18)21(25)24-9-7-23(8-10-24)14-15-5-4-6-16(22)11-15/h4-6,11-13H,7-10,14H2,1-3H3. The maximum Gasteiger partial charge on any atom is 0.257 e. The Morgan fingerprint density at radius 2 is 1.57 bits per heavy atom. The molecule has 1 heterocycles. The molecule has 0 bridgehead atoms. The molecular formula is C21H25ClN2O4. The van der Waals surface area contributed by atoms with E-state index in [0.717, 1.165) is 24.7 Å². The number of halogens is 1. The molecule has 2 aromatic rings. The summed E-state index contributed by atoms with van der Waals surface area (Å²) in [7, 11) is 4.64. The molecule has 1 aliphatic heterocycles. The van der Waals surface area contributed by atoms with Crippen molar-refractivity contribution in [2.24, 2.45) is 0 Å². The van der Waals surface area contributed by atoms with Crippen molar-refractivity contribution >= 4 is 17.5 Å². The zero-order valence-corrected chi connectivity index (χ0v) is 17.2. The number of ether oxygens (including phenoxy) is 3. The molecule has 1 aliphatic rings.